The van der Waals surface area contributed by atoms with Gasteiger partial charge in [0.05, 0.1) is 0 Å². The van der Waals surface area contributed by atoms with Crippen molar-refractivity contribution >= 4 is 48.1 Å². The van der Waals surface area contributed by atoms with Crippen molar-refractivity contribution in [3.8, 4) is 27.3 Å². The maximum Gasteiger partial charge on any atom is 0.123 e. The van der Waals surface area contributed by atoms with E-state index in [9.17, 15) is 5.11 Å². The lowest BCUT2D eigenvalue weighted by molar-refractivity contribution is 0.477. The molecule has 0 atom stereocenters. The highest BCUT2D eigenvalue weighted by molar-refractivity contribution is 9.10. The molecule has 0 aliphatic heterocycles. The topological polar surface area (TPSA) is 20.2 Å². The van der Waals surface area contributed by atoms with Gasteiger partial charge in [-0.1, -0.05) is 76.6 Å². The molecular weight excluding hydrogens is 416 g/mol. The van der Waals surface area contributed by atoms with Gasteiger partial charge in [0, 0.05) is 25.2 Å². The van der Waals surface area contributed by atoms with Crippen LogP contribution in [0.25, 0.3) is 42.4 Å². The fourth-order valence-electron chi connectivity index (χ4n) is 3.62. The third kappa shape index (κ3) is 2.75. The second-order valence-electron chi connectivity index (χ2n) is 6.49. The molecule has 1 heterocycles. The van der Waals surface area contributed by atoms with Gasteiger partial charge in [-0.3, -0.25) is 0 Å². The van der Waals surface area contributed by atoms with Gasteiger partial charge in [0.1, 0.15) is 5.75 Å². The minimum atomic E-state index is 0.294. The Kier molecular flexibility index (Phi) is 4.00. The van der Waals surface area contributed by atoms with Crippen LogP contribution in [0.1, 0.15) is 0 Å². The highest BCUT2D eigenvalue weighted by Crippen LogP contribution is 2.46. The second-order valence-corrected chi connectivity index (χ2v) is 8.43. The molecule has 0 bridgehead atoms. The largest absolute Gasteiger partial charge is 0.507 e. The summed E-state index contributed by atoms with van der Waals surface area (Å²) in [5.74, 6) is 0.294. The van der Waals surface area contributed by atoms with Gasteiger partial charge in [-0.2, -0.15) is 0 Å². The lowest BCUT2D eigenvalue weighted by Crippen LogP contribution is -1.88. The fraction of sp³-hybridized carbons (Fsp3) is 0. The number of aromatic hydroxyl groups is 1. The highest BCUT2D eigenvalue weighted by Gasteiger charge is 2.18. The van der Waals surface area contributed by atoms with Gasteiger partial charge < -0.3 is 5.11 Å². The Bertz CT molecular complexity index is 1270. The third-order valence-electron chi connectivity index (χ3n) is 4.86. The number of benzene rings is 4. The van der Waals surface area contributed by atoms with Crippen molar-refractivity contribution in [2.45, 2.75) is 0 Å². The number of rotatable bonds is 2. The Morgan fingerprint density at radius 3 is 2.22 bits per heavy atom. The molecule has 27 heavy (non-hydrogen) atoms. The number of halogens is 1. The summed E-state index contributed by atoms with van der Waals surface area (Å²) >= 11 is 5.52. The molecule has 0 aliphatic rings. The summed E-state index contributed by atoms with van der Waals surface area (Å²) in [6.07, 6.45) is 0. The van der Waals surface area contributed by atoms with Gasteiger partial charge in [-0.25, -0.2) is 0 Å². The molecule has 1 N–H and O–H groups in total. The molecule has 0 saturated carbocycles. The van der Waals surface area contributed by atoms with Crippen molar-refractivity contribution in [2.24, 2.45) is 0 Å². The van der Waals surface area contributed by atoms with E-state index in [0.717, 1.165) is 21.2 Å². The van der Waals surface area contributed by atoms with E-state index in [2.05, 4.69) is 76.6 Å². The lowest BCUT2D eigenvalue weighted by Gasteiger charge is -2.15. The second kappa shape index (κ2) is 6.52. The summed E-state index contributed by atoms with van der Waals surface area (Å²) in [5.41, 5.74) is 3.04. The van der Waals surface area contributed by atoms with Crippen LogP contribution in [0.2, 0.25) is 0 Å². The zero-order chi connectivity index (χ0) is 18.4. The van der Waals surface area contributed by atoms with E-state index < -0.39 is 0 Å². The normalized spacial score (nSPS) is 11.3. The van der Waals surface area contributed by atoms with Crippen molar-refractivity contribution in [1.82, 2.24) is 0 Å². The van der Waals surface area contributed by atoms with Gasteiger partial charge in [0.25, 0.3) is 0 Å². The van der Waals surface area contributed by atoms with E-state index in [1.165, 1.54) is 25.7 Å². The van der Waals surface area contributed by atoms with Crippen LogP contribution in [-0.4, -0.2) is 5.11 Å². The molecule has 1 nitrogen and oxygen atoms in total. The molecule has 0 radical (unpaired) electrons. The zero-order valence-corrected chi connectivity index (χ0v) is 16.7. The van der Waals surface area contributed by atoms with Crippen LogP contribution in [0.3, 0.4) is 0 Å². The molecule has 0 fully saturated rings. The van der Waals surface area contributed by atoms with Crippen LogP contribution in [0.5, 0.6) is 5.75 Å². The summed E-state index contributed by atoms with van der Waals surface area (Å²) in [4.78, 5) is 1.21. The maximum absolute atomic E-state index is 10.5. The minimum absolute atomic E-state index is 0.294. The molecule has 5 rings (SSSR count). The van der Waals surface area contributed by atoms with Crippen LogP contribution in [-0.2, 0) is 0 Å². The van der Waals surface area contributed by atoms with Crippen molar-refractivity contribution in [1.29, 1.82) is 0 Å². The van der Waals surface area contributed by atoms with Crippen LogP contribution in [0.4, 0.5) is 0 Å². The summed E-state index contributed by atoms with van der Waals surface area (Å²) in [6, 6.07) is 28.8. The first-order valence-electron chi connectivity index (χ1n) is 8.71. The number of hydrogen-bond donors (Lipinski definition) is 1. The van der Waals surface area contributed by atoms with E-state index in [1.807, 2.05) is 18.2 Å². The molecule has 5 aromatic rings. The predicted octanol–water partition coefficient (Wildman–Crippen LogP) is 7.86. The third-order valence-corrected chi connectivity index (χ3v) is 6.65. The lowest BCUT2D eigenvalue weighted by atomic mass is 9.92. The molecule has 1 aromatic heterocycles. The van der Waals surface area contributed by atoms with Crippen molar-refractivity contribution < 1.29 is 5.11 Å². The molecular formula is C24H15BrOS. The zero-order valence-electron chi connectivity index (χ0n) is 14.3. The van der Waals surface area contributed by atoms with E-state index >= 15 is 0 Å². The first kappa shape index (κ1) is 16.5. The van der Waals surface area contributed by atoms with Gasteiger partial charge >= 0.3 is 0 Å². The molecule has 0 saturated heterocycles. The van der Waals surface area contributed by atoms with Crippen LogP contribution >= 0.6 is 27.3 Å². The van der Waals surface area contributed by atoms with Gasteiger partial charge in [-0.15, -0.1) is 11.3 Å². The average Bonchev–Trinajstić information content (AvgIpc) is 3.12. The molecule has 0 unspecified atom stereocenters. The number of phenolic OH excluding ortho intramolecular Hbond substituents is 1. The summed E-state index contributed by atoms with van der Waals surface area (Å²) in [5, 5.41) is 14.1. The van der Waals surface area contributed by atoms with Crippen LogP contribution < -0.4 is 0 Å². The highest BCUT2D eigenvalue weighted by atomic mass is 79.9. The Hall–Kier alpha value is -2.62. The maximum atomic E-state index is 10.5. The molecule has 130 valence electrons. The molecule has 0 amide bonds. The van der Waals surface area contributed by atoms with Gasteiger partial charge in [-0.05, 0) is 46.0 Å². The minimum Gasteiger partial charge on any atom is -0.507 e. The Balaban J connectivity index is 1.92. The van der Waals surface area contributed by atoms with E-state index in [4.69, 9.17) is 0 Å². The predicted molar refractivity (Wildman–Crippen MR) is 120 cm³/mol. The van der Waals surface area contributed by atoms with Gasteiger partial charge in [0.15, 0.2) is 0 Å². The SMILES string of the molecule is Oc1ccccc1-c1cc(Br)c2ccccc2c1-c1cc2ccccc2s1. The standard InChI is InChI=1S/C24H15BrOS/c25-20-14-19(17-9-4-5-11-21(17)26)24(18-10-3-2-8-16(18)20)23-13-15-7-1-6-12-22(15)27-23/h1-14,26H. The quantitative estimate of drug-likeness (QED) is 0.302. The van der Waals surface area contributed by atoms with Crippen molar-refractivity contribution in [3.05, 3.63) is 89.4 Å². The van der Waals surface area contributed by atoms with E-state index in [1.54, 1.807) is 17.4 Å². The van der Waals surface area contributed by atoms with Crippen molar-refractivity contribution in [2.75, 3.05) is 0 Å². The summed E-state index contributed by atoms with van der Waals surface area (Å²) < 4.78 is 2.30. The Labute approximate surface area is 169 Å². The fourth-order valence-corrected chi connectivity index (χ4v) is 5.33. The molecule has 0 aliphatic carbocycles. The number of para-hydroxylation sites is 1. The van der Waals surface area contributed by atoms with Crippen molar-refractivity contribution in [3.63, 3.8) is 0 Å². The Morgan fingerprint density at radius 1 is 0.704 bits per heavy atom. The summed E-state index contributed by atoms with van der Waals surface area (Å²) in [7, 11) is 0. The first-order valence-corrected chi connectivity index (χ1v) is 10.3. The number of fused-ring (bicyclic) bond motifs is 2. The van der Waals surface area contributed by atoms with E-state index in [0.29, 0.717) is 5.75 Å². The Morgan fingerprint density at radius 2 is 1.41 bits per heavy atom. The van der Waals surface area contributed by atoms with Crippen LogP contribution in [0, 0.1) is 0 Å². The van der Waals surface area contributed by atoms with Crippen LogP contribution in [0.15, 0.2) is 89.4 Å². The average molecular weight is 431 g/mol. The molecule has 3 heteroatoms. The monoisotopic (exact) mass is 430 g/mol. The number of hydrogen-bond acceptors (Lipinski definition) is 2. The summed E-state index contributed by atoms with van der Waals surface area (Å²) in [6.45, 7) is 0. The number of phenols is 1. The first-order chi connectivity index (χ1) is 13.2. The number of thiophene rings is 1. The molecule has 0 spiro atoms. The van der Waals surface area contributed by atoms with Gasteiger partial charge in [0.2, 0.25) is 0 Å². The van der Waals surface area contributed by atoms with E-state index in [-0.39, 0.29) is 0 Å². The molecule has 4 aromatic carbocycles. The smallest absolute Gasteiger partial charge is 0.123 e.